The van der Waals surface area contributed by atoms with Crippen molar-refractivity contribution in [1.82, 2.24) is 0 Å². The molecule has 1 aromatic rings. The third kappa shape index (κ3) is 2.73. The van der Waals surface area contributed by atoms with Gasteiger partial charge in [-0.05, 0) is 18.2 Å². The van der Waals surface area contributed by atoms with E-state index in [0.717, 1.165) is 6.07 Å². The van der Waals surface area contributed by atoms with Gasteiger partial charge < -0.3 is 0 Å². The number of carbonyl (C=O) groups excluding carboxylic acids is 1. The van der Waals surface area contributed by atoms with E-state index in [4.69, 9.17) is 5.26 Å². The van der Waals surface area contributed by atoms with E-state index in [1.54, 1.807) is 0 Å². The first-order valence-electron chi connectivity index (χ1n) is 3.88. The minimum absolute atomic E-state index is 0.0902. The maximum Gasteiger partial charge on any atom is 0.150 e. The van der Waals surface area contributed by atoms with E-state index in [2.05, 4.69) is 11.8 Å². The van der Waals surface area contributed by atoms with Gasteiger partial charge in [0.05, 0.1) is 12.5 Å². The quantitative estimate of drug-likeness (QED) is 0.497. The van der Waals surface area contributed by atoms with Gasteiger partial charge in [-0.2, -0.15) is 5.26 Å². The third-order valence-corrected chi connectivity index (χ3v) is 1.46. The van der Waals surface area contributed by atoms with Crippen molar-refractivity contribution in [2.45, 2.75) is 6.42 Å². The average molecular weight is 187 g/mol. The molecule has 0 aliphatic heterocycles. The molecule has 0 atom stereocenters. The number of nitriles is 1. The van der Waals surface area contributed by atoms with Crippen molar-refractivity contribution in [2.75, 3.05) is 0 Å². The van der Waals surface area contributed by atoms with Crippen LogP contribution in [0.5, 0.6) is 0 Å². The second-order valence-electron chi connectivity index (χ2n) is 2.53. The van der Waals surface area contributed by atoms with Crippen molar-refractivity contribution in [3.05, 3.63) is 35.1 Å². The molecule has 0 saturated heterocycles. The van der Waals surface area contributed by atoms with Crippen molar-refractivity contribution in [3.8, 4) is 17.9 Å². The molecule has 0 heterocycles. The van der Waals surface area contributed by atoms with Crippen LogP contribution in [0.3, 0.4) is 0 Å². The molecule has 0 unspecified atom stereocenters. The Morgan fingerprint density at radius 1 is 1.43 bits per heavy atom. The van der Waals surface area contributed by atoms with Gasteiger partial charge in [-0.1, -0.05) is 11.8 Å². The summed E-state index contributed by atoms with van der Waals surface area (Å²) in [6.45, 7) is 0. The van der Waals surface area contributed by atoms with Gasteiger partial charge in [-0.15, -0.1) is 0 Å². The zero-order chi connectivity index (χ0) is 10.4. The number of aldehydes is 1. The van der Waals surface area contributed by atoms with E-state index in [0.29, 0.717) is 11.8 Å². The normalized spacial score (nSPS) is 8.29. The molecule has 0 aliphatic carbocycles. The SMILES string of the molecule is N#CCC#Cc1cc(F)cc(C=O)c1. The Hall–Kier alpha value is -2.13. The van der Waals surface area contributed by atoms with Crippen LogP contribution < -0.4 is 0 Å². The Kier molecular flexibility index (Phi) is 3.41. The fourth-order valence-corrected chi connectivity index (χ4v) is 0.938. The van der Waals surface area contributed by atoms with Crippen molar-refractivity contribution < 1.29 is 9.18 Å². The summed E-state index contributed by atoms with van der Waals surface area (Å²) in [4.78, 5) is 10.4. The average Bonchev–Trinajstić information content (AvgIpc) is 2.17. The standard InChI is InChI=1S/C11H6FNO/c12-11-6-9(3-1-2-4-13)5-10(7-11)8-14/h5-8H,2H2. The molecule has 3 heteroatoms. The van der Waals surface area contributed by atoms with Gasteiger partial charge in [0.15, 0.2) is 0 Å². The number of carbonyl (C=O) groups is 1. The molecular weight excluding hydrogens is 181 g/mol. The summed E-state index contributed by atoms with van der Waals surface area (Å²) in [5, 5.41) is 8.22. The van der Waals surface area contributed by atoms with E-state index in [9.17, 15) is 9.18 Å². The molecule has 68 valence electrons. The molecule has 0 fully saturated rings. The minimum atomic E-state index is -0.504. The lowest BCUT2D eigenvalue weighted by Crippen LogP contribution is -1.85. The first kappa shape index (κ1) is 9.95. The highest BCUT2D eigenvalue weighted by Crippen LogP contribution is 2.06. The zero-order valence-corrected chi connectivity index (χ0v) is 7.25. The third-order valence-electron chi connectivity index (χ3n) is 1.46. The van der Waals surface area contributed by atoms with Gasteiger partial charge in [-0.3, -0.25) is 4.79 Å². The molecule has 1 aromatic carbocycles. The Balaban J connectivity index is 3.00. The topological polar surface area (TPSA) is 40.9 Å². The van der Waals surface area contributed by atoms with Gasteiger partial charge in [-0.25, -0.2) is 4.39 Å². The van der Waals surface area contributed by atoms with E-state index in [1.165, 1.54) is 12.1 Å². The predicted octanol–water partition coefficient (Wildman–Crippen LogP) is 1.90. The summed E-state index contributed by atoms with van der Waals surface area (Å²) in [7, 11) is 0. The number of nitrogens with zero attached hydrogens (tertiary/aromatic N) is 1. The number of rotatable bonds is 1. The molecule has 0 saturated carbocycles. The van der Waals surface area contributed by atoms with Gasteiger partial charge in [0, 0.05) is 11.1 Å². The van der Waals surface area contributed by atoms with Gasteiger partial charge >= 0.3 is 0 Å². The highest BCUT2D eigenvalue weighted by atomic mass is 19.1. The molecule has 0 spiro atoms. The molecular formula is C11H6FNO. The Morgan fingerprint density at radius 2 is 2.21 bits per heavy atom. The number of benzene rings is 1. The monoisotopic (exact) mass is 187 g/mol. The fourth-order valence-electron chi connectivity index (χ4n) is 0.938. The number of hydrogen-bond acceptors (Lipinski definition) is 2. The summed E-state index contributed by atoms with van der Waals surface area (Å²) in [6, 6.07) is 5.66. The van der Waals surface area contributed by atoms with Gasteiger partial charge in [0.25, 0.3) is 0 Å². The van der Waals surface area contributed by atoms with E-state index < -0.39 is 5.82 Å². The van der Waals surface area contributed by atoms with Crippen LogP contribution in [0.4, 0.5) is 4.39 Å². The molecule has 0 aromatic heterocycles. The molecule has 0 radical (unpaired) electrons. The largest absolute Gasteiger partial charge is 0.298 e. The van der Waals surface area contributed by atoms with Crippen LogP contribution in [0.1, 0.15) is 22.3 Å². The lowest BCUT2D eigenvalue weighted by atomic mass is 10.1. The minimum Gasteiger partial charge on any atom is -0.298 e. The molecule has 0 aliphatic rings. The molecule has 1 rings (SSSR count). The summed E-state index contributed by atoms with van der Waals surface area (Å²) in [5.74, 6) is 4.62. The predicted molar refractivity (Wildman–Crippen MR) is 48.9 cm³/mol. The van der Waals surface area contributed by atoms with Gasteiger partial charge in [0.1, 0.15) is 12.1 Å². The van der Waals surface area contributed by atoms with E-state index in [1.807, 2.05) is 6.07 Å². The van der Waals surface area contributed by atoms with Crippen LogP contribution in [0.15, 0.2) is 18.2 Å². The maximum absolute atomic E-state index is 12.8. The Morgan fingerprint density at radius 3 is 2.86 bits per heavy atom. The van der Waals surface area contributed by atoms with Crippen LogP contribution in [-0.2, 0) is 0 Å². The second kappa shape index (κ2) is 4.79. The van der Waals surface area contributed by atoms with Crippen LogP contribution >= 0.6 is 0 Å². The second-order valence-corrected chi connectivity index (χ2v) is 2.53. The summed E-state index contributed by atoms with van der Waals surface area (Å²) < 4.78 is 12.8. The summed E-state index contributed by atoms with van der Waals surface area (Å²) in [5.41, 5.74) is 0.647. The summed E-state index contributed by atoms with van der Waals surface area (Å²) >= 11 is 0. The molecule has 14 heavy (non-hydrogen) atoms. The smallest absolute Gasteiger partial charge is 0.150 e. The zero-order valence-electron chi connectivity index (χ0n) is 7.25. The van der Waals surface area contributed by atoms with Crippen LogP contribution in [0.25, 0.3) is 0 Å². The van der Waals surface area contributed by atoms with Crippen molar-refractivity contribution in [3.63, 3.8) is 0 Å². The molecule has 0 bridgehead atoms. The van der Waals surface area contributed by atoms with Crippen molar-refractivity contribution in [2.24, 2.45) is 0 Å². The lowest BCUT2D eigenvalue weighted by Gasteiger charge is -1.93. The first-order valence-corrected chi connectivity index (χ1v) is 3.88. The Bertz CT molecular complexity index is 449. The fraction of sp³-hybridized carbons (Fsp3) is 0.0909. The molecule has 0 amide bonds. The van der Waals surface area contributed by atoms with Crippen LogP contribution in [0, 0.1) is 29.0 Å². The highest BCUT2D eigenvalue weighted by Gasteiger charge is 1.97. The first-order chi connectivity index (χ1) is 6.76. The summed E-state index contributed by atoms with van der Waals surface area (Å²) in [6.07, 6.45) is 0.644. The number of halogens is 1. The lowest BCUT2D eigenvalue weighted by molar-refractivity contribution is 0.112. The van der Waals surface area contributed by atoms with Crippen LogP contribution in [0.2, 0.25) is 0 Å². The van der Waals surface area contributed by atoms with Crippen LogP contribution in [-0.4, -0.2) is 6.29 Å². The van der Waals surface area contributed by atoms with Crippen molar-refractivity contribution >= 4 is 6.29 Å². The van der Waals surface area contributed by atoms with Gasteiger partial charge in [0.2, 0.25) is 0 Å². The highest BCUT2D eigenvalue weighted by molar-refractivity contribution is 5.75. The Labute approximate surface area is 81.0 Å². The molecule has 2 nitrogen and oxygen atoms in total. The number of hydrogen-bond donors (Lipinski definition) is 0. The maximum atomic E-state index is 12.8. The van der Waals surface area contributed by atoms with E-state index >= 15 is 0 Å². The van der Waals surface area contributed by atoms with E-state index in [-0.39, 0.29) is 12.0 Å². The van der Waals surface area contributed by atoms with Crippen molar-refractivity contribution in [1.29, 1.82) is 5.26 Å². The molecule has 0 N–H and O–H groups in total.